The van der Waals surface area contributed by atoms with E-state index in [1.807, 2.05) is 0 Å². The number of halogens is 3. The third-order valence-electron chi connectivity index (χ3n) is 2.20. The van der Waals surface area contributed by atoms with E-state index in [0.717, 1.165) is 6.07 Å². The summed E-state index contributed by atoms with van der Waals surface area (Å²) in [5.41, 5.74) is -1.20. The van der Waals surface area contributed by atoms with Gasteiger partial charge in [-0.3, -0.25) is 5.10 Å². The summed E-state index contributed by atoms with van der Waals surface area (Å²) in [6.45, 7) is 0. The van der Waals surface area contributed by atoms with Crippen molar-refractivity contribution in [2.75, 3.05) is 0 Å². The highest BCUT2D eigenvalue weighted by Crippen LogP contribution is 2.35. The molecule has 0 spiro atoms. The molecule has 0 aliphatic heterocycles. The number of carboxylic acids is 1. The minimum absolute atomic E-state index is 0.260. The lowest BCUT2D eigenvalue weighted by Gasteiger charge is -2.05. The zero-order valence-electron chi connectivity index (χ0n) is 8.54. The van der Waals surface area contributed by atoms with Gasteiger partial charge in [0.1, 0.15) is 22.3 Å². The Morgan fingerprint density at radius 1 is 1.39 bits per heavy atom. The Bertz CT molecular complexity index is 642. The number of nitrogens with one attached hydrogen (secondary N) is 1. The van der Waals surface area contributed by atoms with Crippen LogP contribution in [0.2, 0.25) is 5.02 Å². The average molecular weight is 275 g/mol. The Morgan fingerprint density at radius 3 is 2.61 bits per heavy atom. The molecule has 0 atom stereocenters. The SMILES string of the molecule is O=C(O)c1cc(-c2c(F)cc(O)c(Cl)c2F)n[nH]1. The number of hydrogen-bond donors (Lipinski definition) is 3. The monoisotopic (exact) mass is 274 g/mol. The molecule has 0 aliphatic carbocycles. The smallest absolute Gasteiger partial charge is 0.353 e. The highest BCUT2D eigenvalue weighted by atomic mass is 35.5. The van der Waals surface area contributed by atoms with Crippen molar-refractivity contribution in [2.24, 2.45) is 0 Å². The standard InChI is InChI=1S/C10H5ClF2N2O3/c11-8-6(16)1-3(12)7(9(8)13)4-2-5(10(17)18)15-14-4/h1-2,16H,(H,14,15)(H,17,18). The van der Waals surface area contributed by atoms with Gasteiger partial charge in [-0.05, 0) is 6.07 Å². The van der Waals surface area contributed by atoms with Crippen LogP contribution in [-0.2, 0) is 0 Å². The lowest BCUT2D eigenvalue weighted by Crippen LogP contribution is -1.95. The summed E-state index contributed by atoms with van der Waals surface area (Å²) in [7, 11) is 0. The van der Waals surface area contributed by atoms with Crippen LogP contribution >= 0.6 is 11.6 Å². The Morgan fingerprint density at radius 2 is 2.06 bits per heavy atom. The summed E-state index contributed by atoms with van der Waals surface area (Å²) in [6, 6.07) is 1.58. The molecule has 0 aliphatic rings. The van der Waals surface area contributed by atoms with Crippen LogP contribution < -0.4 is 0 Å². The predicted molar refractivity (Wildman–Crippen MR) is 57.6 cm³/mol. The first-order chi connectivity index (χ1) is 8.41. The van der Waals surface area contributed by atoms with Gasteiger partial charge in [0, 0.05) is 6.07 Å². The highest BCUT2D eigenvalue weighted by molar-refractivity contribution is 6.32. The molecule has 2 rings (SSSR count). The maximum atomic E-state index is 13.7. The molecule has 0 bridgehead atoms. The van der Waals surface area contributed by atoms with E-state index in [1.54, 1.807) is 0 Å². The summed E-state index contributed by atoms with van der Waals surface area (Å²) in [4.78, 5) is 10.6. The first kappa shape index (κ1) is 12.3. The highest BCUT2D eigenvalue weighted by Gasteiger charge is 2.21. The van der Waals surface area contributed by atoms with Crippen molar-refractivity contribution < 1.29 is 23.8 Å². The van der Waals surface area contributed by atoms with E-state index >= 15 is 0 Å². The summed E-state index contributed by atoms with van der Waals surface area (Å²) >= 11 is 5.43. The van der Waals surface area contributed by atoms with E-state index < -0.39 is 33.9 Å². The molecule has 0 radical (unpaired) electrons. The molecule has 0 unspecified atom stereocenters. The Kier molecular flexibility index (Phi) is 2.92. The molecule has 0 saturated carbocycles. The first-order valence-electron chi connectivity index (χ1n) is 4.57. The van der Waals surface area contributed by atoms with Crippen LogP contribution in [0.25, 0.3) is 11.3 Å². The number of aromatic nitrogens is 2. The fourth-order valence-corrected chi connectivity index (χ4v) is 1.53. The minimum atomic E-state index is -1.32. The van der Waals surface area contributed by atoms with Crippen molar-refractivity contribution in [1.29, 1.82) is 0 Å². The van der Waals surface area contributed by atoms with Crippen molar-refractivity contribution in [3.8, 4) is 17.0 Å². The van der Waals surface area contributed by atoms with Crippen molar-refractivity contribution in [2.45, 2.75) is 0 Å². The molecular formula is C10H5ClF2N2O3. The van der Waals surface area contributed by atoms with E-state index in [1.165, 1.54) is 0 Å². The number of aromatic hydroxyl groups is 1. The first-order valence-corrected chi connectivity index (χ1v) is 4.95. The number of phenols is 1. The van der Waals surface area contributed by atoms with Crippen molar-refractivity contribution in [1.82, 2.24) is 10.2 Å². The molecule has 18 heavy (non-hydrogen) atoms. The lowest BCUT2D eigenvalue weighted by atomic mass is 10.1. The van der Waals surface area contributed by atoms with E-state index in [0.29, 0.717) is 6.07 Å². The maximum Gasteiger partial charge on any atom is 0.353 e. The third kappa shape index (κ3) is 1.88. The molecule has 1 aromatic carbocycles. The van der Waals surface area contributed by atoms with E-state index in [4.69, 9.17) is 21.8 Å². The number of carboxylic acid groups (broad SMARTS) is 1. The third-order valence-corrected chi connectivity index (χ3v) is 2.56. The fourth-order valence-electron chi connectivity index (χ4n) is 1.38. The second-order valence-corrected chi connectivity index (χ2v) is 3.73. The number of aromatic amines is 1. The van der Waals surface area contributed by atoms with E-state index in [-0.39, 0.29) is 11.4 Å². The summed E-state index contributed by atoms with van der Waals surface area (Å²) in [5, 5.41) is 22.7. The second kappa shape index (κ2) is 4.26. The molecule has 1 aromatic heterocycles. The Labute approximate surface area is 104 Å². The molecular weight excluding hydrogens is 270 g/mol. The van der Waals surface area contributed by atoms with Crippen LogP contribution in [0.5, 0.6) is 5.75 Å². The molecule has 0 saturated heterocycles. The van der Waals surface area contributed by atoms with Crippen molar-refractivity contribution >= 4 is 17.6 Å². The largest absolute Gasteiger partial charge is 0.506 e. The van der Waals surface area contributed by atoms with Crippen LogP contribution in [-0.4, -0.2) is 26.4 Å². The van der Waals surface area contributed by atoms with Crippen molar-refractivity contribution in [3.05, 3.63) is 34.5 Å². The van der Waals surface area contributed by atoms with Gasteiger partial charge in [-0.15, -0.1) is 0 Å². The van der Waals surface area contributed by atoms with Crippen LogP contribution in [0.4, 0.5) is 8.78 Å². The van der Waals surface area contributed by atoms with Gasteiger partial charge in [-0.2, -0.15) is 5.10 Å². The number of aromatic carboxylic acids is 1. The number of rotatable bonds is 2. The predicted octanol–water partition coefficient (Wildman–Crippen LogP) is 2.41. The number of phenolic OH excluding ortho intramolecular Hbond substituents is 1. The number of benzene rings is 1. The summed E-state index contributed by atoms with van der Waals surface area (Å²) in [6.07, 6.45) is 0. The lowest BCUT2D eigenvalue weighted by molar-refractivity contribution is 0.0690. The van der Waals surface area contributed by atoms with Gasteiger partial charge in [0.05, 0.1) is 11.3 Å². The number of carbonyl (C=O) groups is 1. The molecule has 94 valence electrons. The Hall–Kier alpha value is -2.15. The average Bonchev–Trinajstić information content (AvgIpc) is 2.75. The molecule has 8 heteroatoms. The van der Waals surface area contributed by atoms with E-state index in [9.17, 15) is 13.6 Å². The topological polar surface area (TPSA) is 86.2 Å². The number of hydrogen-bond acceptors (Lipinski definition) is 3. The maximum absolute atomic E-state index is 13.7. The molecule has 0 fully saturated rings. The van der Waals surface area contributed by atoms with Crippen molar-refractivity contribution in [3.63, 3.8) is 0 Å². The van der Waals surface area contributed by atoms with Crippen LogP contribution in [0, 0.1) is 11.6 Å². The summed E-state index contributed by atoms with van der Waals surface area (Å²) < 4.78 is 27.2. The zero-order valence-corrected chi connectivity index (χ0v) is 9.29. The van der Waals surface area contributed by atoms with Crippen LogP contribution in [0.15, 0.2) is 12.1 Å². The van der Waals surface area contributed by atoms with Gasteiger partial charge in [-0.25, -0.2) is 13.6 Å². The summed E-state index contributed by atoms with van der Waals surface area (Å²) in [5.74, 6) is -4.38. The number of nitrogens with zero attached hydrogens (tertiary/aromatic N) is 1. The zero-order chi connectivity index (χ0) is 13.4. The quantitative estimate of drug-likeness (QED) is 0.734. The van der Waals surface area contributed by atoms with Crippen LogP contribution in [0.3, 0.4) is 0 Å². The molecule has 5 nitrogen and oxygen atoms in total. The molecule has 1 heterocycles. The normalized spacial score (nSPS) is 10.6. The van der Waals surface area contributed by atoms with Gasteiger partial charge in [0.15, 0.2) is 5.82 Å². The number of H-pyrrole nitrogens is 1. The van der Waals surface area contributed by atoms with Gasteiger partial charge < -0.3 is 10.2 Å². The molecule has 2 aromatic rings. The van der Waals surface area contributed by atoms with Crippen LogP contribution in [0.1, 0.15) is 10.5 Å². The molecule has 0 amide bonds. The van der Waals surface area contributed by atoms with Gasteiger partial charge >= 0.3 is 5.97 Å². The fraction of sp³-hybridized carbons (Fsp3) is 0. The minimum Gasteiger partial charge on any atom is -0.506 e. The van der Waals surface area contributed by atoms with Gasteiger partial charge in [-0.1, -0.05) is 11.6 Å². The van der Waals surface area contributed by atoms with Gasteiger partial charge in [0.25, 0.3) is 0 Å². The second-order valence-electron chi connectivity index (χ2n) is 3.35. The van der Waals surface area contributed by atoms with E-state index in [2.05, 4.69) is 10.2 Å². The Balaban J connectivity index is 2.63. The molecule has 3 N–H and O–H groups in total. The van der Waals surface area contributed by atoms with Gasteiger partial charge in [0.2, 0.25) is 0 Å².